The fraction of sp³-hybridized carbons (Fsp3) is 0.227. The first-order chi connectivity index (χ1) is 13.5. The molecule has 0 aliphatic rings. The number of Topliss-reactive ketones (excluding diaryl/α,β-unsaturated/α-hetero) is 1. The Labute approximate surface area is 166 Å². The van der Waals surface area contributed by atoms with Crippen LogP contribution in [0.2, 0.25) is 0 Å². The molecule has 0 spiro atoms. The average molecular weight is 396 g/mol. The zero-order chi connectivity index (χ0) is 20.1. The van der Waals surface area contributed by atoms with Crippen LogP contribution < -0.4 is 5.63 Å². The maximum absolute atomic E-state index is 12.6. The fourth-order valence-corrected chi connectivity index (χ4v) is 3.62. The maximum Gasteiger partial charge on any atom is 0.339 e. The molecule has 1 heterocycles. The highest BCUT2D eigenvalue weighted by Crippen LogP contribution is 2.24. The van der Waals surface area contributed by atoms with Crippen molar-refractivity contribution in [2.45, 2.75) is 31.8 Å². The highest BCUT2D eigenvalue weighted by Gasteiger charge is 2.15. The van der Waals surface area contributed by atoms with Gasteiger partial charge in [-0.1, -0.05) is 31.2 Å². The first kappa shape index (κ1) is 19.9. The molecule has 0 aliphatic carbocycles. The van der Waals surface area contributed by atoms with Crippen molar-refractivity contribution in [2.75, 3.05) is 5.75 Å². The molecule has 3 rings (SSSR count). The van der Waals surface area contributed by atoms with Gasteiger partial charge in [0.25, 0.3) is 0 Å². The summed E-state index contributed by atoms with van der Waals surface area (Å²) in [5.74, 6) is -0.186. The van der Waals surface area contributed by atoms with Crippen molar-refractivity contribution in [1.29, 1.82) is 0 Å². The normalized spacial score (nSPS) is 10.8. The van der Waals surface area contributed by atoms with E-state index in [1.165, 1.54) is 24.8 Å². The Kier molecular flexibility index (Phi) is 6.31. The lowest BCUT2D eigenvalue weighted by Crippen LogP contribution is -2.09. The number of rotatable bonds is 7. The molecule has 3 aromatic rings. The second kappa shape index (κ2) is 8.89. The van der Waals surface area contributed by atoms with Gasteiger partial charge in [0.05, 0.1) is 11.3 Å². The number of ether oxygens (including phenoxy) is 1. The van der Waals surface area contributed by atoms with Crippen LogP contribution in [0.25, 0.3) is 11.0 Å². The molecule has 0 saturated carbocycles. The summed E-state index contributed by atoms with van der Waals surface area (Å²) < 4.78 is 10.7. The molecule has 0 unspecified atom stereocenters. The van der Waals surface area contributed by atoms with Gasteiger partial charge in [0.2, 0.25) is 0 Å². The number of benzene rings is 2. The van der Waals surface area contributed by atoms with E-state index in [0.29, 0.717) is 21.6 Å². The van der Waals surface area contributed by atoms with E-state index in [-0.39, 0.29) is 18.1 Å². The number of hydrogen-bond acceptors (Lipinski definition) is 6. The van der Waals surface area contributed by atoms with Gasteiger partial charge in [0.15, 0.2) is 0 Å². The van der Waals surface area contributed by atoms with Crippen LogP contribution in [0.5, 0.6) is 0 Å². The number of fused-ring (bicyclic) bond motifs is 1. The Bertz CT molecular complexity index is 1080. The number of aryl methyl sites for hydroxylation is 1. The van der Waals surface area contributed by atoms with E-state index >= 15 is 0 Å². The third kappa shape index (κ3) is 4.70. The van der Waals surface area contributed by atoms with Crippen LogP contribution in [0.15, 0.2) is 62.6 Å². The number of thioether (sulfide) groups is 1. The van der Waals surface area contributed by atoms with E-state index in [2.05, 4.69) is 0 Å². The second-order valence-electron chi connectivity index (χ2n) is 6.34. The molecule has 144 valence electrons. The van der Waals surface area contributed by atoms with Crippen molar-refractivity contribution in [3.63, 3.8) is 0 Å². The molecule has 1 aromatic heterocycles. The highest BCUT2D eigenvalue weighted by atomic mass is 32.2. The van der Waals surface area contributed by atoms with Gasteiger partial charge in [0, 0.05) is 21.9 Å². The van der Waals surface area contributed by atoms with Crippen molar-refractivity contribution in [3.05, 3.63) is 75.6 Å². The van der Waals surface area contributed by atoms with Gasteiger partial charge >= 0.3 is 11.6 Å². The number of hydrogen-bond donors (Lipinski definition) is 0. The third-order valence-electron chi connectivity index (χ3n) is 4.20. The van der Waals surface area contributed by atoms with Crippen LogP contribution in [0.1, 0.15) is 35.3 Å². The molecule has 0 radical (unpaired) electrons. The first-order valence-electron chi connectivity index (χ1n) is 8.92. The van der Waals surface area contributed by atoms with Crippen LogP contribution >= 0.6 is 11.8 Å². The molecule has 0 fully saturated rings. The second-order valence-corrected chi connectivity index (χ2v) is 7.35. The van der Waals surface area contributed by atoms with Crippen molar-refractivity contribution in [2.24, 2.45) is 0 Å². The van der Waals surface area contributed by atoms with Crippen molar-refractivity contribution in [3.8, 4) is 0 Å². The summed E-state index contributed by atoms with van der Waals surface area (Å²) in [6, 6.07) is 14.0. The van der Waals surface area contributed by atoms with Gasteiger partial charge in [-0.3, -0.25) is 4.79 Å². The van der Waals surface area contributed by atoms with Gasteiger partial charge in [-0.05, 0) is 37.1 Å². The van der Waals surface area contributed by atoms with Gasteiger partial charge in [-0.15, -0.1) is 11.8 Å². The summed E-state index contributed by atoms with van der Waals surface area (Å²) in [6.07, 6.45) is 0.827. The lowest BCUT2D eigenvalue weighted by molar-refractivity contribution is -0.114. The smallest absolute Gasteiger partial charge is 0.339 e. The summed E-state index contributed by atoms with van der Waals surface area (Å²) in [5, 5.41) is 0.740. The van der Waals surface area contributed by atoms with Crippen LogP contribution in [-0.4, -0.2) is 17.5 Å². The lowest BCUT2D eigenvalue weighted by Gasteiger charge is -2.10. The molecule has 0 amide bonds. The highest BCUT2D eigenvalue weighted by molar-refractivity contribution is 8.00. The van der Waals surface area contributed by atoms with E-state index in [9.17, 15) is 14.4 Å². The molecule has 0 N–H and O–H groups in total. The summed E-state index contributed by atoms with van der Waals surface area (Å²) in [7, 11) is 0. The minimum atomic E-state index is -0.502. The Morgan fingerprint density at radius 3 is 2.64 bits per heavy atom. The van der Waals surface area contributed by atoms with Crippen LogP contribution in [0.3, 0.4) is 0 Å². The molecule has 28 heavy (non-hydrogen) atoms. The number of carbonyl (C=O) groups excluding carboxylic acids is 2. The Balaban J connectivity index is 1.82. The Morgan fingerprint density at radius 2 is 1.89 bits per heavy atom. The summed E-state index contributed by atoms with van der Waals surface area (Å²) in [4.78, 5) is 36.4. The standard InChI is InChI=1S/C22H20O5S/c1-3-15-8-9-17-16(11-21(24)27-19(17)10-15)12-26-22(25)18-6-4-5-7-20(18)28-13-14(2)23/h4-11H,3,12-13H2,1-2H3. The van der Waals surface area contributed by atoms with E-state index in [0.717, 1.165) is 17.4 Å². The third-order valence-corrected chi connectivity index (χ3v) is 5.42. The molecule has 0 saturated heterocycles. The van der Waals surface area contributed by atoms with Crippen LogP contribution in [0, 0.1) is 0 Å². The SMILES string of the molecule is CCc1ccc2c(COC(=O)c3ccccc3SCC(C)=O)cc(=O)oc2c1. The van der Waals surface area contributed by atoms with Crippen LogP contribution in [-0.2, 0) is 22.6 Å². The molecule has 0 atom stereocenters. The van der Waals surface area contributed by atoms with Gasteiger partial charge < -0.3 is 9.15 Å². The van der Waals surface area contributed by atoms with E-state index < -0.39 is 11.6 Å². The van der Waals surface area contributed by atoms with Gasteiger partial charge in [0.1, 0.15) is 18.0 Å². The van der Waals surface area contributed by atoms with Gasteiger partial charge in [-0.2, -0.15) is 0 Å². The molecule has 5 nitrogen and oxygen atoms in total. The largest absolute Gasteiger partial charge is 0.457 e. The maximum atomic E-state index is 12.6. The summed E-state index contributed by atoms with van der Waals surface area (Å²) in [6.45, 7) is 3.48. The average Bonchev–Trinajstić information content (AvgIpc) is 2.69. The Hall–Kier alpha value is -2.86. The van der Waals surface area contributed by atoms with E-state index in [1.54, 1.807) is 24.3 Å². The van der Waals surface area contributed by atoms with Gasteiger partial charge in [-0.25, -0.2) is 9.59 Å². The van der Waals surface area contributed by atoms with Crippen molar-refractivity contribution in [1.82, 2.24) is 0 Å². The molecule has 0 aliphatic heterocycles. The minimum Gasteiger partial charge on any atom is -0.457 e. The number of esters is 1. The quantitative estimate of drug-likeness (QED) is 0.335. The number of ketones is 1. The summed E-state index contributed by atoms with van der Waals surface area (Å²) in [5.41, 5.74) is 2.05. The molecular formula is C22H20O5S. The summed E-state index contributed by atoms with van der Waals surface area (Å²) >= 11 is 1.30. The predicted octanol–water partition coefficient (Wildman–Crippen LogP) is 4.39. The predicted molar refractivity (Wildman–Crippen MR) is 109 cm³/mol. The van der Waals surface area contributed by atoms with Crippen LogP contribution in [0.4, 0.5) is 0 Å². The van der Waals surface area contributed by atoms with Crippen molar-refractivity contribution < 1.29 is 18.7 Å². The van der Waals surface area contributed by atoms with Crippen molar-refractivity contribution >= 4 is 34.5 Å². The Morgan fingerprint density at radius 1 is 1.11 bits per heavy atom. The molecule has 0 bridgehead atoms. The van der Waals surface area contributed by atoms with E-state index in [1.807, 2.05) is 25.1 Å². The first-order valence-corrected chi connectivity index (χ1v) is 9.90. The molecule has 2 aromatic carbocycles. The van der Waals surface area contributed by atoms with E-state index in [4.69, 9.17) is 9.15 Å². The fourth-order valence-electron chi connectivity index (χ4n) is 2.78. The molecule has 6 heteroatoms. The number of carbonyl (C=O) groups is 2. The lowest BCUT2D eigenvalue weighted by atomic mass is 10.1. The molecular weight excluding hydrogens is 376 g/mol. The topological polar surface area (TPSA) is 73.6 Å². The minimum absolute atomic E-state index is 0.0297. The monoisotopic (exact) mass is 396 g/mol. The zero-order valence-electron chi connectivity index (χ0n) is 15.7. The zero-order valence-corrected chi connectivity index (χ0v) is 16.5.